The number of nitrogens with zero attached hydrogens (tertiary/aromatic N) is 2. The summed E-state index contributed by atoms with van der Waals surface area (Å²) in [7, 11) is 1.82. The lowest BCUT2D eigenvalue weighted by atomic mass is 9.90. The standard InChI is InChI=1S/C13H21N3O/c1-10-8-12(16-13(14-2)15-10)17-9-11-6-4-3-5-7-11/h8,11H,3-7,9H2,1-2H3,(H,14,15,16). The monoisotopic (exact) mass is 235 g/mol. The molecule has 0 bridgehead atoms. The summed E-state index contributed by atoms with van der Waals surface area (Å²) < 4.78 is 5.78. The van der Waals surface area contributed by atoms with Crippen LogP contribution in [0.5, 0.6) is 5.88 Å². The summed E-state index contributed by atoms with van der Waals surface area (Å²) in [5.41, 5.74) is 0.933. The van der Waals surface area contributed by atoms with Gasteiger partial charge in [0.25, 0.3) is 0 Å². The van der Waals surface area contributed by atoms with Crippen molar-refractivity contribution in [2.24, 2.45) is 5.92 Å². The number of anilines is 1. The Bertz CT molecular complexity index is 362. The maximum absolute atomic E-state index is 5.78. The fourth-order valence-electron chi connectivity index (χ4n) is 2.28. The number of nitrogens with one attached hydrogen (secondary N) is 1. The zero-order valence-corrected chi connectivity index (χ0v) is 10.7. The van der Waals surface area contributed by atoms with Gasteiger partial charge < -0.3 is 10.1 Å². The van der Waals surface area contributed by atoms with E-state index in [1.807, 2.05) is 20.0 Å². The van der Waals surface area contributed by atoms with Crippen molar-refractivity contribution >= 4 is 5.95 Å². The largest absolute Gasteiger partial charge is 0.477 e. The highest BCUT2D eigenvalue weighted by Gasteiger charge is 2.14. The van der Waals surface area contributed by atoms with Gasteiger partial charge in [0.15, 0.2) is 0 Å². The molecule has 17 heavy (non-hydrogen) atoms. The molecule has 4 nitrogen and oxygen atoms in total. The van der Waals surface area contributed by atoms with Crippen LogP contribution in [0.1, 0.15) is 37.8 Å². The molecule has 4 heteroatoms. The molecular weight excluding hydrogens is 214 g/mol. The number of hydrogen-bond acceptors (Lipinski definition) is 4. The molecule has 1 fully saturated rings. The molecule has 0 spiro atoms. The minimum Gasteiger partial charge on any atom is -0.477 e. The van der Waals surface area contributed by atoms with E-state index < -0.39 is 0 Å². The molecule has 1 aromatic heterocycles. The van der Waals surface area contributed by atoms with Crippen molar-refractivity contribution in [3.63, 3.8) is 0 Å². The Balaban J connectivity index is 1.91. The topological polar surface area (TPSA) is 47.0 Å². The molecule has 94 valence electrons. The van der Waals surface area contributed by atoms with Gasteiger partial charge in [-0.25, -0.2) is 4.98 Å². The molecule has 1 heterocycles. The van der Waals surface area contributed by atoms with Crippen LogP contribution in [0, 0.1) is 12.8 Å². The van der Waals surface area contributed by atoms with Crippen LogP contribution in [0.15, 0.2) is 6.07 Å². The van der Waals surface area contributed by atoms with Crippen LogP contribution < -0.4 is 10.1 Å². The molecule has 0 amide bonds. The van der Waals surface area contributed by atoms with Crippen LogP contribution in [0.2, 0.25) is 0 Å². The zero-order valence-electron chi connectivity index (χ0n) is 10.7. The van der Waals surface area contributed by atoms with Gasteiger partial charge in [-0.05, 0) is 25.7 Å². The molecule has 1 saturated carbocycles. The van der Waals surface area contributed by atoms with Gasteiger partial charge in [0.05, 0.1) is 6.61 Å². The predicted molar refractivity (Wildman–Crippen MR) is 68.4 cm³/mol. The second-order valence-electron chi connectivity index (χ2n) is 4.74. The van der Waals surface area contributed by atoms with Crippen LogP contribution in [-0.2, 0) is 0 Å². The van der Waals surface area contributed by atoms with Crippen LogP contribution in [0.4, 0.5) is 5.95 Å². The fourth-order valence-corrected chi connectivity index (χ4v) is 2.28. The Morgan fingerprint density at radius 1 is 1.29 bits per heavy atom. The maximum atomic E-state index is 5.78. The molecule has 0 radical (unpaired) electrons. The first-order valence-corrected chi connectivity index (χ1v) is 6.44. The predicted octanol–water partition coefficient (Wildman–Crippen LogP) is 2.79. The molecule has 0 unspecified atom stereocenters. The van der Waals surface area contributed by atoms with E-state index in [2.05, 4.69) is 15.3 Å². The summed E-state index contributed by atoms with van der Waals surface area (Å²) in [5, 5.41) is 2.94. The van der Waals surface area contributed by atoms with E-state index in [1.54, 1.807) is 0 Å². The average molecular weight is 235 g/mol. The first kappa shape index (κ1) is 12.1. The molecule has 0 atom stereocenters. The maximum Gasteiger partial charge on any atom is 0.225 e. The van der Waals surface area contributed by atoms with Gasteiger partial charge in [-0.2, -0.15) is 4.98 Å². The third kappa shape index (κ3) is 3.58. The molecule has 1 aliphatic rings. The Hall–Kier alpha value is -1.32. The molecule has 2 rings (SSSR count). The van der Waals surface area contributed by atoms with E-state index in [4.69, 9.17) is 4.74 Å². The van der Waals surface area contributed by atoms with Crippen LogP contribution >= 0.6 is 0 Å². The fraction of sp³-hybridized carbons (Fsp3) is 0.692. The van der Waals surface area contributed by atoms with Gasteiger partial charge >= 0.3 is 0 Å². The number of ether oxygens (including phenoxy) is 1. The smallest absolute Gasteiger partial charge is 0.225 e. The Labute approximate surface area is 103 Å². The number of aromatic nitrogens is 2. The second kappa shape index (κ2) is 5.84. The highest BCUT2D eigenvalue weighted by atomic mass is 16.5. The van der Waals surface area contributed by atoms with Gasteiger partial charge in [0.1, 0.15) is 0 Å². The van der Waals surface area contributed by atoms with E-state index in [9.17, 15) is 0 Å². The quantitative estimate of drug-likeness (QED) is 0.871. The number of hydrogen-bond donors (Lipinski definition) is 1. The Kier molecular flexibility index (Phi) is 4.18. The van der Waals surface area contributed by atoms with Gasteiger partial charge in [0.2, 0.25) is 11.8 Å². The summed E-state index contributed by atoms with van der Waals surface area (Å²) in [6.07, 6.45) is 6.66. The minimum atomic E-state index is 0.628. The van der Waals surface area contributed by atoms with E-state index >= 15 is 0 Å². The van der Waals surface area contributed by atoms with E-state index in [-0.39, 0.29) is 0 Å². The van der Waals surface area contributed by atoms with Gasteiger partial charge in [-0.15, -0.1) is 0 Å². The van der Waals surface area contributed by atoms with Crippen molar-refractivity contribution in [2.75, 3.05) is 19.0 Å². The lowest BCUT2D eigenvalue weighted by Crippen LogP contribution is -2.16. The van der Waals surface area contributed by atoms with Crippen LogP contribution in [0.25, 0.3) is 0 Å². The van der Waals surface area contributed by atoms with Crippen molar-refractivity contribution in [3.8, 4) is 5.88 Å². The summed E-state index contributed by atoms with van der Waals surface area (Å²) in [5.74, 6) is 2.02. The van der Waals surface area contributed by atoms with Crippen molar-refractivity contribution in [3.05, 3.63) is 11.8 Å². The molecular formula is C13H21N3O. The molecule has 1 aromatic rings. The van der Waals surface area contributed by atoms with Crippen molar-refractivity contribution in [2.45, 2.75) is 39.0 Å². The first-order valence-electron chi connectivity index (χ1n) is 6.44. The second-order valence-corrected chi connectivity index (χ2v) is 4.74. The van der Waals surface area contributed by atoms with E-state index in [0.717, 1.165) is 12.3 Å². The molecule has 0 aliphatic heterocycles. The van der Waals surface area contributed by atoms with E-state index in [0.29, 0.717) is 17.7 Å². The Morgan fingerprint density at radius 3 is 2.76 bits per heavy atom. The number of rotatable bonds is 4. The van der Waals surface area contributed by atoms with Gasteiger partial charge in [-0.1, -0.05) is 19.3 Å². The van der Waals surface area contributed by atoms with Gasteiger partial charge in [0, 0.05) is 18.8 Å². The average Bonchev–Trinajstić information content (AvgIpc) is 2.37. The summed E-state index contributed by atoms with van der Waals surface area (Å²) in [6, 6.07) is 1.89. The summed E-state index contributed by atoms with van der Waals surface area (Å²) >= 11 is 0. The lowest BCUT2D eigenvalue weighted by molar-refractivity contribution is 0.203. The number of aryl methyl sites for hydroxylation is 1. The highest BCUT2D eigenvalue weighted by Crippen LogP contribution is 2.24. The van der Waals surface area contributed by atoms with Gasteiger partial charge in [-0.3, -0.25) is 0 Å². The SMILES string of the molecule is CNc1nc(C)cc(OCC2CCCCC2)n1. The Morgan fingerprint density at radius 2 is 2.06 bits per heavy atom. The summed E-state index contributed by atoms with van der Waals surface area (Å²) in [6.45, 7) is 2.75. The van der Waals surface area contributed by atoms with Crippen molar-refractivity contribution < 1.29 is 4.74 Å². The third-order valence-electron chi connectivity index (χ3n) is 3.25. The first-order chi connectivity index (χ1) is 8.28. The zero-order chi connectivity index (χ0) is 12.1. The normalized spacial score (nSPS) is 16.8. The van der Waals surface area contributed by atoms with E-state index in [1.165, 1.54) is 32.1 Å². The third-order valence-corrected chi connectivity index (χ3v) is 3.25. The summed E-state index contributed by atoms with van der Waals surface area (Å²) in [4.78, 5) is 8.54. The molecule has 1 N–H and O–H groups in total. The molecule has 1 aliphatic carbocycles. The lowest BCUT2D eigenvalue weighted by Gasteiger charge is -2.21. The minimum absolute atomic E-state index is 0.628. The molecule has 0 aromatic carbocycles. The van der Waals surface area contributed by atoms with Crippen molar-refractivity contribution in [1.82, 2.24) is 9.97 Å². The van der Waals surface area contributed by atoms with Crippen LogP contribution in [0.3, 0.4) is 0 Å². The highest BCUT2D eigenvalue weighted by molar-refractivity contribution is 5.29. The van der Waals surface area contributed by atoms with Crippen molar-refractivity contribution in [1.29, 1.82) is 0 Å². The van der Waals surface area contributed by atoms with Crippen LogP contribution in [-0.4, -0.2) is 23.6 Å². The molecule has 0 saturated heterocycles.